The minimum Gasteiger partial charge on any atom is -0.375 e. The maximum absolute atomic E-state index is 15.2. The molecule has 184 valence electrons. The number of hydrogen-bond acceptors (Lipinski definition) is 4. The Morgan fingerprint density at radius 1 is 1.09 bits per heavy atom. The SMILES string of the molecule is C=C(CC)N1CCC(C(=C)N(Cc2ccc(C3=NN=C(C(F)F)C3)cc2F)c2ccccc2)CC1. The predicted octanol–water partition coefficient (Wildman–Crippen LogP) is 6.80. The van der Waals surface area contributed by atoms with Crippen molar-refractivity contribution in [3.05, 3.63) is 90.0 Å². The number of allylic oxidation sites excluding steroid dienone is 2. The zero-order valence-electron chi connectivity index (χ0n) is 20.1. The molecule has 4 nitrogen and oxygen atoms in total. The van der Waals surface area contributed by atoms with Crippen molar-refractivity contribution in [1.29, 1.82) is 0 Å². The third kappa shape index (κ3) is 5.66. The van der Waals surface area contributed by atoms with Gasteiger partial charge in [-0.3, -0.25) is 0 Å². The fraction of sp³-hybridized carbons (Fsp3) is 0.357. The second-order valence-electron chi connectivity index (χ2n) is 9.02. The van der Waals surface area contributed by atoms with E-state index in [0.717, 1.165) is 49.4 Å². The first-order valence-corrected chi connectivity index (χ1v) is 12.0. The van der Waals surface area contributed by atoms with Crippen LogP contribution in [0.3, 0.4) is 0 Å². The molecule has 0 unspecified atom stereocenters. The molecule has 0 bridgehead atoms. The minimum absolute atomic E-state index is 0.0629. The van der Waals surface area contributed by atoms with Gasteiger partial charge in [-0.05, 0) is 37.5 Å². The molecule has 1 saturated heterocycles. The topological polar surface area (TPSA) is 31.2 Å². The molecule has 2 aliphatic heterocycles. The van der Waals surface area contributed by atoms with Crippen molar-refractivity contribution in [2.75, 3.05) is 18.0 Å². The van der Waals surface area contributed by atoms with Crippen LogP contribution in [0.25, 0.3) is 0 Å². The lowest BCUT2D eigenvalue weighted by atomic mass is 9.92. The predicted molar refractivity (Wildman–Crippen MR) is 136 cm³/mol. The molecule has 0 N–H and O–H groups in total. The molecule has 7 heteroatoms. The molecule has 1 fully saturated rings. The van der Waals surface area contributed by atoms with Crippen LogP contribution >= 0.6 is 0 Å². The monoisotopic (exact) mass is 480 g/mol. The maximum Gasteiger partial charge on any atom is 0.278 e. The molecule has 0 radical (unpaired) electrons. The quantitative estimate of drug-likeness (QED) is 0.395. The number of piperidine rings is 1. The lowest BCUT2D eigenvalue weighted by Crippen LogP contribution is -2.36. The highest BCUT2D eigenvalue weighted by atomic mass is 19.3. The highest BCUT2D eigenvalue weighted by Gasteiger charge is 2.27. The maximum atomic E-state index is 15.2. The molecule has 0 saturated carbocycles. The van der Waals surface area contributed by atoms with Crippen LogP contribution in [-0.2, 0) is 6.54 Å². The van der Waals surface area contributed by atoms with Crippen molar-refractivity contribution < 1.29 is 13.2 Å². The summed E-state index contributed by atoms with van der Waals surface area (Å²) in [4.78, 5) is 4.42. The molecule has 35 heavy (non-hydrogen) atoms. The fourth-order valence-corrected chi connectivity index (χ4v) is 4.61. The van der Waals surface area contributed by atoms with E-state index < -0.39 is 12.2 Å². The third-order valence-corrected chi connectivity index (χ3v) is 6.85. The van der Waals surface area contributed by atoms with Crippen LogP contribution < -0.4 is 4.90 Å². The van der Waals surface area contributed by atoms with Crippen LogP contribution in [0.2, 0.25) is 0 Å². The number of anilines is 1. The van der Waals surface area contributed by atoms with Gasteiger partial charge in [-0.1, -0.05) is 50.4 Å². The largest absolute Gasteiger partial charge is 0.375 e. The van der Waals surface area contributed by atoms with Gasteiger partial charge in [0.1, 0.15) is 11.5 Å². The van der Waals surface area contributed by atoms with Crippen molar-refractivity contribution in [1.82, 2.24) is 4.90 Å². The molecule has 2 aromatic rings. The van der Waals surface area contributed by atoms with Crippen LogP contribution in [0.4, 0.5) is 18.9 Å². The minimum atomic E-state index is -2.65. The van der Waals surface area contributed by atoms with E-state index in [1.807, 2.05) is 30.3 Å². The zero-order valence-corrected chi connectivity index (χ0v) is 20.1. The number of para-hydroxylation sites is 1. The van der Waals surface area contributed by atoms with Crippen LogP contribution in [0.1, 0.15) is 43.7 Å². The Morgan fingerprint density at radius 3 is 2.40 bits per heavy atom. The summed E-state index contributed by atoms with van der Waals surface area (Å²) in [6.45, 7) is 12.9. The van der Waals surface area contributed by atoms with Crippen LogP contribution in [0.5, 0.6) is 0 Å². The summed E-state index contributed by atoms with van der Waals surface area (Å²) < 4.78 is 41.0. The number of benzene rings is 2. The highest BCUT2D eigenvalue weighted by Crippen LogP contribution is 2.32. The second kappa shape index (κ2) is 10.9. The van der Waals surface area contributed by atoms with Gasteiger partial charge in [0, 0.05) is 53.6 Å². The van der Waals surface area contributed by atoms with E-state index in [1.54, 1.807) is 12.1 Å². The van der Waals surface area contributed by atoms with Gasteiger partial charge in [-0.2, -0.15) is 10.2 Å². The van der Waals surface area contributed by atoms with Gasteiger partial charge in [0.05, 0.1) is 12.3 Å². The zero-order chi connectivity index (χ0) is 24.9. The van der Waals surface area contributed by atoms with E-state index in [2.05, 4.69) is 40.1 Å². The van der Waals surface area contributed by atoms with E-state index >= 15 is 4.39 Å². The molecular formula is C28H31F3N4. The summed E-state index contributed by atoms with van der Waals surface area (Å²) >= 11 is 0. The Kier molecular flexibility index (Phi) is 7.73. The molecular weight excluding hydrogens is 449 g/mol. The molecule has 0 amide bonds. The first kappa shape index (κ1) is 24.8. The summed E-state index contributed by atoms with van der Waals surface area (Å²) in [5, 5.41) is 7.36. The molecule has 4 rings (SSSR count). The van der Waals surface area contributed by atoms with Gasteiger partial charge < -0.3 is 9.80 Å². The molecule has 2 heterocycles. The van der Waals surface area contributed by atoms with E-state index in [1.165, 1.54) is 6.07 Å². The standard InChI is InChI=1S/C28H31F3N4/c1-4-19(2)34-14-12-21(13-15-34)20(3)35(24-8-6-5-7-9-24)18-23-11-10-22(16-25(23)29)26-17-27(28(30)31)33-32-26/h5-11,16,21,28H,2-4,12-15,17-18H2,1H3. The van der Waals surface area contributed by atoms with Gasteiger partial charge in [-0.25, -0.2) is 13.2 Å². The van der Waals surface area contributed by atoms with Crippen molar-refractivity contribution in [2.45, 2.75) is 45.6 Å². The highest BCUT2D eigenvalue weighted by molar-refractivity contribution is 6.15. The van der Waals surface area contributed by atoms with Crippen LogP contribution in [-0.4, -0.2) is 35.8 Å². The van der Waals surface area contributed by atoms with Gasteiger partial charge in [0.15, 0.2) is 0 Å². The van der Waals surface area contributed by atoms with E-state index in [4.69, 9.17) is 0 Å². The average molecular weight is 481 g/mol. The van der Waals surface area contributed by atoms with Crippen molar-refractivity contribution in [3.8, 4) is 0 Å². The lowest BCUT2D eigenvalue weighted by molar-refractivity contribution is 0.224. The fourth-order valence-electron chi connectivity index (χ4n) is 4.61. The van der Waals surface area contributed by atoms with E-state index in [0.29, 0.717) is 23.4 Å². The third-order valence-electron chi connectivity index (χ3n) is 6.85. The summed E-state index contributed by atoms with van der Waals surface area (Å²) in [7, 11) is 0. The summed E-state index contributed by atoms with van der Waals surface area (Å²) in [6.07, 6.45) is 0.160. The van der Waals surface area contributed by atoms with Gasteiger partial charge in [-0.15, -0.1) is 0 Å². The number of halogens is 3. The summed E-state index contributed by atoms with van der Waals surface area (Å²) in [5.74, 6) is -0.116. The Morgan fingerprint density at radius 2 is 1.80 bits per heavy atom. The van der Waals surface area contributed by atoms with Gasteiger partial charge in [0.2, 0.25) is 0 Å². The van der Waals surface area contributed by atoms with Crippen molar-refractivity contribution >= 4 is 17.1 Å². The van der Waals surface area contributed by atoms with Crippen molar-refractivity contribution in [2.24, 2.45) is 16.1 Å². The Bertz CT molecular complexity index is 1130. The number of likely N-dealkylation sites (tertiary alicyclic amines) is 1. The van der Waals surface area contributed by atoms with Crippen LogP contribution in [0.15, 0.2) is 83.3 Å². The molecule has 0 aromatic heterocycles. The van der Waals surface area contributed by atoms with Gasteiger partial charge in [0.25, 0.3) is 6.43 Å². The Labute approximate surface area is 205 Å². The van der Waals surface area contributed by atoms with E-state index in [-0.39, 0.29) is 18.1 Å². The number of nitrogens with zero attached hydrogens (tertiary/aromatic N) is 4. The average Bonchev–Trinajstić information content (AvgIpc) is 3.39. The van der Waals surface area contributed by atoms with Gasteiger partial charge >= 0.3 is 0 Å². The summed E-state index contributed by atoms with van der Waals surface area (Å²) in [5.41, 5.74) is 4.13. The number of alkyl halides is 2. The molecule has 0 atom stereocenters. The molecule has 2 aromatic carbocycles. The van der Waals surface area contributed by atoms with Crippen LogP contribution in [0, 0.1) is 11.7 Å². The van der Waals surface area contributed by atoms with E-state index in [9.17, 15) is 8.78 Å². The smallest absolute Gasteiger partial charge is 0.278 e. The molecule has 0 aliphatic carbocycles. The Hall–Kier alpha value is -3.35. The second-order valence-corrected chi connectivity index (χ2v) is 9.02. The van der Waals surface area contributed by atoms with Crippen molar-refractivity contribution in [3.63, 3.8) is 0 Å². The number of rotatable bonds is 9. The Balaban J connectivity index is 1.51. The summed E-state index contributed by atoms with van der Waals surface area (Å²) in [6, 6.07) is 14.7. The normalized spacial score (nSPS) is 16.3. The first-order valence-electron chi connectivity index (χ1n) is 12.0. The first-order chi connectivity index (χ1) is 16.9. The lowest BCUT2D eigenvalue weighted by Gasteiger charge is -2.39. The molecule has 2 aliphatic rings. The number of hydrogen-bond donors (Lipinski definition) is 0. The molecule has 0 spiro atoms.